The van der Waals surface area contributed by atoms with E-state index in [1.54, 1.807) is 52.8 Å². The molecule has 16 heteroatoms. The molecule has 56 heavy (non-hydrogen) atoms. The van der Waals surface area contributed by atoms with Crippen molar-refractivity contribution in [3.63, 3.8) is 0 Å². The van der Waals surface area contributed by atoms with Crippen molar-refractivity contribution in [3.8, 4) is 0 Å². The second-order valence-corrected chi connectivity index (χ2v) is 18.6. The minimum Gasteiger partial charge on any atom is -0.459 e. The van der Waals surface area contributed by atoms with E-state index in [9.17, 15) is 38.7 Å². The average Bonchev–Trinajstić information content (AvgIpc) is 3.10. The van der Waals surface area contributed by atoms with Crippen LogP contribution in [0.3, 0.4) is 0 Å². The largest absolute Gasteiger partial charge is 0.459 e. The van der Waals surface area contributed by atoms with Crippen LogP contribution in [0, 0.1) is 24.7 Å². The highest BCUT2D eigenvalue weighted by molar-refractivity contribution is 7.89. The first-order valence-electron chi connectivity index (χ1n) is 20.0. The van der Waals surface area contributed by atoms with E-state index in [2.05, 4.69) is 21.9 Å². The zero-order valence-electron chi connectivity index (χ0n) is 35.8. The molecule has 7 unspecified atom stereocenters. The molecule has 15 nitrogen and oxygen atoms in total. The number of benzene rings is 1. The van der Waals surface area contributed by atoms with Crippen LogP contribution in [0.1, 0.15) is 93.6 Å². The number of carbonyl (C=O) groups excluding carboxylic acids is 1. The highest BCUT2D eigenvalue weighted by Crippen LogP contribution is 2.34. The predicted molar refractivity (Wildman–Crippen MR) is 215 cm³/mol. The fourth-order valence-electron chi connectivity index (χ4n) is 7.78. The van der Waals surface area contributed by atoms with Crippen LogP contribution in [0.25, 0.3) is 0 Å². The zero-order valence-corrected chi connectivity index (χ0v) is 36.6. The number of hydrogen-bond donors (Lipinski definition) is 7. The predicted octanol–water partition coefficient (Wildman–Crippen LogP) is 2.17. The van der Waals surface area contributed by atoms with Crippen molar-refractivity contribution in [3.05, 3.63) is 29.8 Å². The number of carbonyl (C=O) groups is 1. The van der Waals surface area contributed by atoms with Crippen LogP contribution in [0.4, 0.5) is 0 Å². The van der Waals surface area contributed by atoms with Crippen LogP contribution < -0.4 is 10.0 Å². The third-order valence-corrected chi connectivity index (χ3v) is 13.1. The molecule has 0 radical (unpaired) electrons. The van der Waals surface area contributed by atoms with Gasteiger partial charge in [-0.15, -0.1) is 0 Å². The highest BCUT2D eigenvalue weighted by Gasteiger charge is 2.48. The minimum atomic E-state index is -4.00. The van der Waals surface area contributed by atoms with Gasteiger partial charge in [0.05, 0.1) is 34.7 Å². The summed E-state index contributed by atoms with van der Waals surface area (Å²) < 4.78 is 46.0. The van der Waals surface area contributed by atoms with Gasteiger partial charge in [-0.25, -0.2) is 8.42 Å². The topological polar surface area (TPSA) is 211 Å². The van der Waals surface area contributed by atoms with Crippen LogP contribution >= 0.6 is 0 Å². The molecule has 1 fully saturated rings. The second-order valence-electron chi connectivity index (χ2n) is 16.9. The Morgan fingerprint density at radius 1 is 1.09 bits per heavy atom. The fraction of sp³-hybridized carbons (Fsp3) is 0.825. The van der Waals surface area contributed by atoms with E-state index < -0.39 is 75.8 Å². The molecule has 326 valence electrons. The Balaban J connectivity index is 2.35. The standard InChI is InChI=1S/C40H74N4O11S/c1-13-33-40(10,50)35(46)31(8)44(20-16-19-41-38(48)42-56(51,52)32-18-15-14-17-26(32)3)23-25(2)22-39(9,49)36(29(6)34(45)30(7)37(47)55-33)54-24-53-28(5)21-27(4)43(11)12/h14-15,17-18,25,27-31,33-36,38,41-42,45-46,48-50H,13,16,19-24H2,1-12H3/t25-,27?,28?,29+,30+,31?,33?,34+,35?,36?,38?,39-,40+/m0/s1. The first-order chi connectivity index (χ1) is 25.9. The zero-order chi connectivity index (χ0) is 42.8. The van der Waals surface area contributed by atoms with Crippen molar-refractivity contribution in [2.45, 2.75) is 160 Å². The van der Waals surface area contributed by atoms with Gasteiger partial charge in [0.25, 0.3) is 0 Å². The molecule has 2 rings (SSSR count). The van der Waals surface area contributed by atoms with E-state index in [0.29, 0.717) is 25.1 Å². The van der Waals surface area contributed by atoms with E-state index in [1.807, 2.05) is 32.8 Å². The molecule has 0 aromatic heterocycles. The summed E-state index contributed by atoms with van der Waals surface area (Å²) in [5, 5.41) is 60.4. The van der Waals surface area contributed by atoms with E-state index in [0.717, 1.165) is 6.42 Å². The van der Waals surface area contributed by atoms with Crippen LogP contribution in [-0.2, 0) is 29.0 Å². The van der Waals surface area contributed by atoms with Gasteiger partial charge in [0.1, 0.15) is 24.6 Å². The molecule has 0 spiro atoms. The van der Waals surface area contributed by atoms with Crippen LogP contribution in [0.15, 0.2) is 29.2 Å². The van der Waals surface area contributed by atoms with Gasteiger partial charge < -0.3 is 44.6 Å². The molecule has 1 aliphatic heterocycles. The number of hydrogen-bond acceptors (Lipinski definition) is 14. The lowest BCUT2D eigenvalue weighted by molar-refractivity contribution is -0.207. The molecule has 13 atom stereocenters. The summed E-state index contributed by atoms with van der Waals surface area (Å²) in [5.41, 5.74) is -2.87. The summed E-state index contributed by atoms with van der Waals surface area (Å²) in [7, 11) is -0.0144. The molecule has 0 amide bonds. The molecule has 1 aromatic carbocycles. The van der Waals surface area contributed by atoms with Crippen molar-refractivity contribution in [2.24, 2.45) is 17.8 Å². The summed E-state index contributed by atoms with van der Waals surface area (Å²) in [5.74, 6) is -2.80. The summed E-state index contributed by atoms with van der Waals surface area (Å²) in [6.07, 6.45) is -4.98. The van der Waals surface area contributed by atoms with Gasteiger partial charge in [-0.1, -0.05) is 39.0 Å². The van der Waals surface area contributed by atoms with Gasteiger partial charge in [0.15, 0.2) is 6.35 Å². The lowest BCUT2D eigenvalue weighted by atomic mass is 9.78. The SMILES string of the molecule is CCC1OC(=O)[C@H](C)[C@H](O)[C@@H](C)C(OCOC(C)CC(C)N(C)C)[C@@](C)(O)C[C@H](C)CN(CCCNC(O)NS(=O)(=O)c2ccccc2C)C(C)C(O)[C@]1(C)O. The number of sulfonamides is 1. The normalized spacial score (nSPS) is 33.6. The third-order valence-electron chi connectivity index (χ3n) is 11.5. The van der Waals surface area contributed by atoms with E-state index in [4.69, 9.17) is 14.2 Å². The van der Waals surface area contributed by atoms with Gasteiger partial charge in [-0.3, -0.25) is 15.0 Å². The lowest BCUT2D eigenvalue weighted by Crippen LogP contribution is -2.59. The molecular formula is C40H74N4O11S. The molecule has 0 aliphatic carbocycles. The van der Waals surface area contributed by atoms with Crippen LogP contribution in [0.5, 0.6) is 0 Å². The van der Waals surface area contributed by atoms with E-state index >= 15 is 0 Å². The monoisotopic (exact) mass is 819 g/mol. The first-order valence-corrected chi connectivity index (χ1v) is 21.5. The Bertz CT molecular complexity index is 1450. The Morgan fingerprint density at radius 3 is 2.30 bits per heavy atom. The number of nitrogens with zero attached hydrogens (tertiary/aromatic N) is 2. The van der Waals surface area contributed by atoms with Gasteiger partial charge in [-0.05, 0) is 119 Å². The van der Waals surface area contributed by atoms with Crippen LogP contribution in [-0.4, -0.2) is 150 Å². The number of cyclic esters (lactones) is 1. The smallest absolute Gasteiger partial charge is 0.311 e. The summed E-state index contributed by atoms with van der Waals surface area (Å²) in [6, 6.07) is 6.02. The number of ether oxygens (including phenoxy) is 3. The molecule has 7 N–H and O–H groups in total. The molecule has 1 aromatic rings. The third kappa shape index (κ3) is 14.2. The second kappa shape index (κ2) is 22.0. The number of nitrogens with one attached hydrogen (secondary N) is 2. The Kier molecular flexibility index (Phi) is 19.8. The first kappa shape index (κ1) is 50.3. The van der Waals surface area contributed by atoms with E-state index in [1.165, 1.54) is 19.9 Å². The molecule has 1 heterocycles. The van der Waals surface area contributed by atoms with Crippen molar-refractivity contribution in [1.29, 1.82) is 0 Å². The summed E-state index contributed by atoms with van der Waals surface area (Å²) >= 11 is 0. The quantitative estimate of drug-likeness (QED) is 0.0725. The maximum atomic E-state index is 13.5. The Morgan fingerprint density at radius 2 is 1.71 bits per heavy atom. The van der Waals surface area contributed by atoms with Crippen molar-refractivity contribution in [1.82, 2.24) is 19.8 Å². The molecule has 0 saturated carbocycles. The average molecular weight is 819 g/mol. The van der Waals surface area contributed by atoms with Gasteiger partial charge in [0.2, 0.25) is 10.0 Å². The maximum absolute atomic E-state index is 13.5. The molecule has 1 saturated heterocycles. The minimum absolute atomic E-state index is 0.0564. The number of aliphatic hydroxyl groups excluding tert-OH is 3. The number of rotatable bonds is 16. The summed E-state index contributed by atoms with van der Waals surface area (Å²) in [4.78, 5) is 17.6. The fourth-order valence-corrected chi connectivity index (χ4v) is 9.03. The number of aliphatic hydroxyl groups is 5. The maximum Gasteiger partial charge on any atom is 0.311 e. The van der Waals surface area contributed by atoms with Crippen molar-refractivity contribution < 1.29 is 53.0 Å². The highest BCUT2D eigenvalue weighted by atomic mass is 32.2. The Labute approximate surface area is 336 Å². The van der Waals surface area contributed by atoms with Gasteiger partial charge in [-0.2, -0.15) is 4.72 Å². The van der Waals surface area contributed by atoms with Crippen molar-refractivity contribution in [2.75, 3.05) is 40.5 Å². The van der Waals surface area contributed by atoms with Gasteiger partial charge in [0, 0.05) is 24.5 Å². The number of aryl methyl sites for hydroxylation is 1. The molecular weight excluding hydrogens is 745 g/mol. The Hall–Kier alpha value is -1.80. The number of esters is 1. The van der Waals surface area contributed by atoms with Gasteiger partial charge >= 0.3 is 5.97 Å². The molecule has 0 bridgehead atoms. The van der Waals surface area contributed by atoms with Crippen LogP contribution in [0.2, 0.25) is 0 Å². The summed E-state index contributed by atoms with van der Waals surface area (Å²) in [6.45, 7) is 18.1. The molecule has 1 aliphatic rings. The lowest BCUT2D eigenvalue weighted by Gasteiger charge is -2.43. The van der Waals surface area contributed by atoms with Crippen molar-refractivity contribution >= 4 is 16.0 Å². The van der Waals surface area contributed by atoms with E-state index in [-0.39, 0.29) is 49.1 Å².